The molecule has 1 aromatic heterocycles. The predicted molar refractivity (Wildman–Crippen MR) is 148 cm³/mol. The Morgan fingerprint density at radius 2 is 1.62 bits per heavy atom. The van der Waals surface area contributed by atoms with Crippen molar-refractivity contribution in [2.45, 2.75) is 136 Å². The molecule has 0 spiro atoms. The van der Waals surface area contributed by atoms with Crippen molar-refractivity contribution >= 4 is 5.95 Å². The second kappa shape index (κ2) is 7.71. The van der Waals surface area contributed by atoms with Crippen LogP contribution in [-0.4, -0.2) is 32.4 Å². The van der Waals surface area contributed by atoms with Gasteiger partial charge in [-0.25, -0.2) is 9.97 Å². The van der Waals surface area contributed by atoms with Gasteiger partial charge in [0, 0.05) is 11.6 Å². The van der Waals surface area contributed by atoms with Gasteiger partial charge in [-0.1, -0.05) is 34.6 Å². The van der Waals surface area contributed by atoms with E-state index in [2.05, 4.69) is 60.4 Å². The number of hydrogen-bond acceptors (Lipinski definition) is 5. The molecule has 37 heavy (non-hydrogen) atoms. The summed E-state index contributed by atoms with van der Waals surface area (Å²) in [5.41, 5.74) is 8.61. The van der Waals surface area contributed by atoms with Crippen LogP contribution in [0.1, 0.15) is 118 Å². The van der Waals surface area contributed by atoms with Gasteiger partial charge in [-0.2, -0.15) is 0 Å². The van der Waals surface area contributed by atoms with Crippen LogP contribution in [0.15, 0.2) is 6.20 Å². The lowest BCUT2D eigenvalue weighted by Crippen LogP contribution is -2.66. The van der Waals surface area contributed by atoms with E-state index in [9.17, 15) is 5.11 Å². The number of aliphatic hydroxyl groups excluding tert-OH is 1. The fraction of sp³-hybridized carbons (Fsp3) is 0.875. The number of anilines is 1. The molecule has 0 radical (unpaired) electrons. The Morgan fingerprint density at radius 3 is 2.32 bits per heavy atom. The van der Waals surface area contributed by atoms with Gasteiger partial charge >= 0.3 is 0 Å². The zero-order chi connectivity index (χ0) is 26.8. The first kappa shape index (κ1) is 26.0. The van der Waals surface area contributed by atoms with E-state index >= 15 is 0 Å². The van der Waals surface area contributed by atoms with Crippen LogP contribution in [0.5, 0.6) is 0 Å². The molecule has 2 heterocycles. The fourth-order valence-electron chi connectivity index (χ4n) is 11.8. The van der Waals surface area contributed by atoms with E-state index in [-0.39, 0.29) is 39.0 Å². The number of rotatable bonds is 1. The maximum atomic E-state index is 12.1. The van der Waals surface area contributed by atoms with Crippen molar-refractivity contribution in [1.29, 1.82) is 0 Å². The Kier molecular flexibility index (Phi) is 5.43. The second-order valence-corrected chi connectivity index (χ2v) is 16.0. The minimum Gasteiger partial charge on any atom is -0.393 e. The molecule has 206 valence electrons. The Labute approximate surface area is 224 Å². The molecular weight excluding hydrogens is 458 g/mol. The van der Waals surface area contributed by atoms with Gasteiger partial charge in [-0.15, -0.1) is 0 Å². The van der Waals surface area contributed by atoms with Crippen LogP contribution in [0.4, 0.5) is 5.95 Å². The van der Waals surface area contributed by atoms with Crippen LogP contribution in [0, 0.1) is 39.9 Å². The summed E-state index contributed by atoms with van der Waals surface area (Å²) < 4.78 is 6.90. The molecule has 1 aliphatic heterocycles. The number of aliphatic hydroxyl groups is 1. The highest BCUT2D eigenvalue weighted by Gasteiger charge is 2.71. The van der Waals surface area contributed by atoms with Crippen LogP contribution < -0.4 is 5.73 Å². The van der Waals surface area contributed by atoms with Crippen molar-refractivity contribution in [2.24, 2.45) is 39.9 Å². The molecule has 0 amide bonds. The minimum absolute atomic E-state index is 0.0589. The topological polar surface area (TPSA) is 81.3 Å². The third-order valence-corrected chi connectivity index (χ3v) is 13.3. The summed E-state index contributed by atoms with van der Waals surface area (Å²) in [7, 11) is 0. The number of nitrogens with two attached hydrogens (primary N) is 1. The zero-order valence-corrected chi connectivity index (χ0v) is 24.7. The first-order valence-corrected chi connectivity index (χ1v) is 15.1. The summed E-state index contributed by atoms with van der Waals surface area (Å²) >= 11 is 0. The van der Waals surface area contributed by atoms with E-state index in [1.54, 1.807) is 0 Å². The number of hydrogen-bond donors (Lipinski definition) is 2. The van der Waals surface area contributed by atoms with Crippen LogP contribution in [0.2, 0.25) is 0 Å². The van der Waals surface area contributed by atoms with Gasteiger partial charge in [0.05, 0.1) is 23.0 Å². The van der Waals surface area contributed by atoms with Gasteiger partial charge in [0.15, 0.2) is 0 Å². The lowest BCUT2D eigenvalue weighted by molar-refractivity contribution is -0.243. The first-order chi connectivity index (χ1) is 17.1. The molecule has 4 aliphatic carbocycles. The van der Waals surface area contributed by atoms with Gasteiger partial charge in [0.1, 0.15) is 0 Å². The number of nitrogens with zero attached hydrogens (tertiary/aromatic N) is 2. The standard InChI is InChI=1S/C32H51N3O2/c1-27(2)12-9-13-32(8,37-27)20-10-14-31(7)24(20)21(36)16-23-29(5)17-19-18-34-26(33)35-25(19)28(3,4)22(29)11-15-30(23,31)6/h18,20-24,36H,9-17H2,1-8H3,(H2,33,34,35)/t20-,21+,22-,23+,24-,29-,30+,31+,32+/m0/s1. The Hall–Kier alpha value is -1.20. The van der Waals surface area contributed by atoms with Crippen LogP contribution in [0.25, 0.3) is 0 Å². The van der Waals surface area contributed by atoms with Crippen molar-refractivity contribution in [3.63, 3.8) is 0 Å². The minimum atomic E-state index is -0.274. The Balaban J connectivity index is 1.40. The molecule has 5 heteroatoms. The summed E-state index contributed by atoms with van der Waals surface area (Å²) in [5.74, 6) is 2.10. The van der Waals surface area contributed by atoms with Crippen molar-refractivity contribution in [2.75, 3.05) is 5.73 Å². The molecule has 5 nitrogen and oxygen atoms in total. The third-order valence-electron chi connectivity index (χ3n) is 13.3. The predicted octanol–water partition coefficient (Wildman–Crippen LogP) is 6.47. The van der Waals surface area contributed by atoms with E-state index < -0.39 is 0 Å². The van der Waals surface area contributed by atoms with Crippen LogP contribution >= 0.6 is 0 Å². The summed E-state index contributed by atoms with van der Waals surface area (Å²) in [6.45, 7) is 19.3. The van der Waals surface area contributed by atoms with Gasteiger partial charge in [-0.3, -0.25) is 0 Å². The molecule has 4 fully saturated rings. The maximum Gasteiger partial charge on any atom is 0.220 e. The average molecular weight is 510 g/mol. The van der Waals surface area contributed by atoms with Crippen molar-refractivity contribution < 1.29 is 9.84 Å². The highest BCUT2D eigenvalue weighted by molar-refractivity contribution is 5.37. The molecule has 1 saturated heterocycles. The second-order valence-electron chi connectivity index (χ2n) is 16.0. The normalized spacial score (nSPS) is 49.9. The van der Waals surface area contributed by atoms with Gasteiger partial charge in [0.2, 0.25) is 5.95 Å². The largest absolute Gasteiger partial charge is 0.393 e. The van der Waals surface area contributed by atoms with Gasteiger partial charge < -0.3 is 15.6 Å². The van der Waals surface area contributed by atoms with Gasteiger partial charge in [0.25, 0.3) is 0 Å². The lowest BCUT2D eigenvalue weighted by Gasteiger charge is -2.70. The van der Waals surface area contributed by atoms with E-state index in [0.29, 0.717) is 29.6 Å². The molecule has 0 unspecified atom stereocenters. The fourth-order valence-corrected chi connectivity index (χ4v) is 11.8. The SMILES string of the molecule is CC1(C)CCC[C@](C)([C@H]2CC[C@]3(C)[C@@H]2[C@H](O)C[C@@H]2[C@@]4(C)Cc5cnc(N)nc5C(C)(C)[C@@H]4CC[C@]23C)O1. The van der Waals surface area contributed by atoms with Crippen LogP contribution in [0.3, 0.4) is 0 Å². The van der Waals surface area contributed by atoms with Crippen molar-refractivity contribution in [1.82, 2.24) is 9.97 Å². The molecule has 0 aromatic carbocycles. The molecule has 3 N–H and O–H groups in total. The average Bonchev–Trinajstić information content (AvgIpc) is 3.16. The molecule has 6 rings (SSSR count). The molecule has 9 atom stereocenters. The zero-order valence-electron chi connectivity index (χ0n) is 24.7. The number of nitrogen functional groups attached to an aromatic ring is 1. The smallest absolute Gasteiger partial charge is 0.220 e. The van der Waals surface area contributed by atoms with Crippen molar-refractivity contribution in [3.05, 3.63) is 17.5 Å². The number of fused-ring (bicyclic) bond motifs is 6. The molecule has 1 aromatic rings. The molecular formula is C32H51N3O2. The van der Waals surface area contributed by atoms with E-state index in [4.69, 9.17) is 15.5 Å². The Bertz CT molecular complexity index is 1100. The highest BCUT2D eigenvalue weighted by Crippen LogP contribution is 2.75. The summed E-state index contributed by atoms with van der Waals surface area (Å²) in [4.78, 5) is 9.19. The van der Waals surface area contributed by atoms with Crippen molar-refractivity contribution in [3.8, 4) is 0 Å². The van der Waals surface area contributed by atoms with Gasteiger partial charge in [-0.05, 0) is 124 Å². The highest BCUT2D eigenvalue weighted by atomic mass is 16.5. The first-order valence-electron chi connectivity index (χ1n) is 15.1. The van der Waals surface area contributed by atoms with E-state index in [1.165, 1.54) is 37.7 Å². The number of ether oxygens (including phenoxy) is 1. The Morgan fingerprint density at radius 1 is 0.919 bits per heavy atom. The maximum absolute atomic E-state index is 12.1. The van der Waals surface area contributed by atoms with E-state index in [1.807, 2.05) is 6.20 Å². The van der Waals surface area contributed by atoms with Crippen LogP contribution in [-0.2, 0) is 16.6 Å². The lowest BCUT2D eigenvalue weighted by atomic mass is 9.35. The quantitative estimate of drug-likeness (QED) is 0.454. The summed E-state index contributed by atoms with van der Waals surface area (Å²) in [6.07, 6.45) is 11.9. The summed E-state index contributed by atoms with van der Waals surface area (Å²) in [6, 6.07) is 0. The van der Waals surface area contributed by atoms with E-state index in [0.717, 1.165) is 31.4 Å². The molecule has 3 saturated carbocycles. The number of aromatic nitrogens is 2. The molecule has 5 aliphatic rings. The third kappa shape index (κ3) is 3.34. The molecule has 0 bridgehead atoms. The monoisotopic (exact) mass is 509 g/mol. The summed E-state index contributed by atoms with van der Waals surface area (Å²) in [5, 5.41) is 12.1.